The topological polar surface area (TPSA) is 29.3 Å². The van der Waals surface area contributed by atoms with E-state index in [1.165, 1.54) is 36.9 Å². The Morgan fingerprint density at radius 2 is 2.06 bits per heavy atom. The third-order valence-electron chi connectivity index (χ3n) is 3.68. The molecule has 2 nitrogen and oxygen atoms in total. The Labute approximate surface area is 98.4 Å². The zero-order valence-electron chi connectivity index (χ0n) is 10.2. The molecule has 0 radical (unpaired) electrons. The molecule has 2 heteroatoms. The molecule has 1 saturated heterocycles. The minimum atomic E-state index is 0.654. The fourth-order valence-electron chi connectivity index (χ4n) is 2.70. The van der Waals surface area contributed by atoms with Crippen molar-refractivity contribution in [2.24, 2.45) is 5.73 Å². The van der Waals surface area contributed by atoms with Crippen molar-refractivity contribution < 1.29 is 0 Å². The van der Waals surface area contributed by atoms with E-state index in [-0.39, 0.29) is 0 Å². The molecule has 0 spiro atoms. The molecule has 2 rings (SSSR count). The van der Waals surface area contributed by atoms with Gasteiger partial charge in [0.2, 0.25) is 0 Å². The molecule has 0 aromatic heterocycles. The summed E-state index contributed by atoms with van der Waals surface area (Å²) in [5, 5.41) is 0. The molecule has 1 aromatic carbocycles. The molecule has 0 amide bonds. The van der Waals surface area contributed by atoms with Gasteiger partial charge in [-0.05, 0) is 36.9 Å². The number of nitrogens with two attached hydrogens (primary N) is 1. The summed E-state index contributed by atoms with van der Waals surface area (Å²) in [6.07, 6.45) is 3.98. The smallest absolute Gasteiger partial charge is 0.0239 e. The first kappa shape index (κ1) is 11.6. The summed E-state index contributed by atoms with van der Waals surface area (Å²) >= 11 is 0. The van der Waals surface area contributed by atoms with Crippen LogP contribution in [0, 0.1) is 0 Å². The molecule has 0 bridgehead atoms. The summed E-state index contributed by atoms with van der Waals surface area (Å²) in [5.74, 6) is 0. The number of benzene rings is 1. The van der Waals surface area contributed by atoms with Gasteiger partial charge in [-0.2, -0.15) is 0 Å². The molecule has 1 atom stereocenters. The molecule has 1 fully saturated rings. The first-order chi connectivity index (χ1) is 7.85. The summed E-state index contributed by atoms with van der Waals surface area (Å²) in [4.78, 5) is 2.61. The largest absolute Gasteiger partial charge is 0.326 e. The third-order valence-corrected chi connectivity index (χ3v) is 3.68. The van der Waals surface area contributed by atoms with Crippen LogP contribution in [0.25, 0.3) is 0 Å². The minimum Gasteiger partial charge on any atom is -0.326 e. The van der Waals surface area contributed by atoms with Crippen LogP contribution in [-0.2, 0) is 13.1 Å². The molecule has 1 aromatic rings. The average molecular weight is 218 g/mol. The third kappa shape index (κ3) is 2.45. The lowest BCUT2D eigenvalue weighted by Crippen LogP contribution is -2.28. The van der Waals surface area contributed by atoms with Gasteiger partial charge < -0.3 is 5.73 Å². The minimum absolute atomic E-state index is 0.654. The quantitative estimate of drug-likeness (QED) is 0.841. The second-order valence-electron chi connectivity index (χ2n) is 4.65. The van der Waals surface area contributed by atoms with Crippen molar-refractivity contribution in [1.29, 1.82) is 0 Å². The Morgan fingerprint density at radius 1 is 1.31 bits per heavy atom. The van der Waals surface area contributed by atoms with Crippen LogP contribution in [0.1, 0.15) is 37.3 Å². The molecule has 1 aliphatic rings. The normalized spacial score (nSPS) is 21.5. The Morgan fingerprint density at radius 3 is 2.75 bits per heavy atom. The van der Waals surface area contributed by atoms with Gasteiger partial charge in [0.1, 0.15) is 0 Å². The first-order valence-electron chi connectivity index (χ1n) is 6.36. The van der Waals surface area contributed by atoms with Gasteiger partial charge in [0.05, 0.1) is 0 Å². The fourth-order valence-corrected chi connectivity index (χ4v) is 2.70. The van der Waals surface area contributed by atoms with Crippen molar-refractivity contribution >= 4 is 0 Å². The second kappa shape index (κ2) is 5.46. The number of hydrogen-bond acceptors (Lipinski definition) is 2. The van der Waals surface area contributed by atoms with E-state index < -0.39 is 0 Å². The van der Waals surface area contributed by atoms with Crippen LogP contribution in [0.2, 0.25) is 0 Å². The lowest BCUT2D eigenvalue weighted by molar-refractivity contribution is 0.239. The van der Waals surface area contributed by atoms with Gasteiger partial charge in [0.25, 0.3) is 0 Å². The van der Waals surface area contributed by atoms with Crippen LogP contribution in [-0.4, -0.2) is 17.5 Å². The average Bonchev–Trinajstić information content (AvgIpc) is 2.77. The highest BCUT2D eigenvalue weighted by Gasteiger charge is 2.22. The van der Waals surface area contributed by atoms with E-state index in [4.69, 9.17) is 5.73 Å². The van der Waals surface area contributed by atoms with Crippen molar-refractivity contribution in [1.82, 2.24) is 4.90 Å². The molecule has 0 aliphatic carbocycles. The Hall–Kier alpha value is -0.860. The lowest BCUT2D eigenvalue weighted by Gasteiger charge is -2.24. The van der Waals surface area contributed by atoms with Crippen molar-refractivity contribution in [3.05, 3.63) is 35.4 Å². The highest BCUT2D eigenvalue weighted by atomic mass is 15.2. The predicted molar refractivity (Wildman–Crippen MR) is 68.1 cm³/mol. The van der Waals surface area contributed by atoms with Crippen molar-refractivity contribution in [2.45, 2.75) is 45.3 Å². The van der Waals surface area contributed by atoms with Crippen LogP contribution in [0.5, 0.6) is 0 Å². The Balaban J connectivity index is 2.08. The molecule has 1 aliphatic heterocycles. The van der Waals surface area contributed by atoms with Crippen LogP contribution in [0.3, 0.4) is 0 Å². The van der Waals surface area contributed by atoms with Gasteiger partial charge in [-0.25, -0.2) is 0 Å². The summed E-state index contributed by atoms with van der Waals surface area (Å²) < 4.78 is 0. The van der Waals surface area contributed by atoms with E-state index in [1.807, 2.05) is 0 Å². The van der Waals surface area contributed by atoms with Crippen LogP contribution in [0.4, 0.5) is 0 Å². The van der Waals surface area contributed by atoms with Gasteiger partial charge >= 0.3 is 0 Å². The van der Waals surface area contributed by atoms with E-state index in [0.717, 1.165) is 12.6 Å². The van der Waals surface area contributed by atoms with Crippen molar-refractivity contribution in [3.8, 4) is 0 Å². The van der Waals surface area contributed by atoms with Crippen molar-refractivity contribution in [3.63, 3.8) is 0 Å². The Kier molecular flexibility index (Phi) is 3.97. The molecule has 1 unspecified atom stereocenters. The maximum Gasteiger partial charge on any atom is 0.0239 e. The van der Waals surface area contributed by atoms with Crippen LogP contribution < -0.4 is 5.73 Å². The molecule has 88 valence electrons. The molecule has 1 heterocycles. The number of nitrogens with zero attached hydrogens (tertiary/aromatic N) is 1. The summed E-state index contributed by atoms with van der Waals surface area (Å²) in [6.45, 7) is 5.27. The monoisotopic (exact) mass is 218 g/mol. The summed E-state index contributed by atoms with van der Waals surface area (Å²) in [7, 11) is 0. The maximum absolute atomic E-state index is 5.77. The van der Waals surface area contributed by atoms with Gasteiger partial charge in [-0.15, -0.1) is 0 Å². The van der Waals surface area contributed by atoms with Crippen LogP contribution in [0.15, 0.2) is 24.3 Å². The number of likely N-dealkylation sites (tertiary alicyclic amines) is 1. The zero-order valence-corrected chi connectivity index (χ0v) is 10.2. The standard InChI is InChI=1S/C14H22N2/c1-2-14-8-5-9-16(14)11-13-7-4-3-6-12(13)10-15/h3-4,6-7,14H,2,5,8-11,15H2,1H3. The highest BCUT2D eigenvalue weighted by molar-refractivity contribution is 5.26. The van der Waals surface area contributed by atoms with Gasteiger partial charge in [0, 0.05) is 19.1 Å². The van der Waals surface area contributed by atoms with E-state index >= 15 is 0 Å². The first-order valence-corrected chi connectivity index (χ1v) is 6.36. The predicted octanol–water partition coefficient (Wildman–Crippen LogP) is 2.52. The maximum atomic E-state index is 5.77. The second-order valence-corrected chi connectivity index (χ2v) is 4.65. The van der Waals surface area contributed by atoms with E-state index in [2.05, 4.69) is 36.1 Å². The van der Waals surface area contributed by atoms with Crippen molar-refractivity contribution in [2.75, 3.05) is 6.54 Å². The summed E-state index contributed by atoms with van der Waals surface area (Å²) in [5.41, 5.74) is 8.48. The van der Waals surface area contributed by atoms with Crippen LogP contribution >= 0.6 is 0 Å². The van der Waals surface area contributed by atoms with Gasteiger partial charge in [-0.1, -0.05) is 31.2 Å². The molecular weight excluding hydrogens is 196 g/mol. The van der Waals surface area contributed by atoms with E-state index in [0.29, 0.717) is 6.54 Å². The number of rotatable bonds is 4. The highest BCUT2D eigenvalue weighted by Crippen LogP contribution is 2.23. The number of hydrogen-bond donors (Lipinski definition) is 1. The molecule has 16 heavy (non-hydrogen) atoms. The fraction of sp³-hybridized carbons (Fsp3) is 0.571. The zero-order chi connectivity index (χ0) is 11.4. The lowest BCUT2D eigenvalue weighted by atomic mass is 10.1. The van der Waals surface area contributed by atoms with Gasteiger partial charge in [0.15, 0.2) is 0 Å². The van der Waals surface area contributed by atoms with E-state index in [9.17, 15) is 0 Å². The van der Waals surface area contributed by atoms with Gasteiger partial charge in [-0.3, -0.25) is 4.90 Å². The molecule has 0 saturated carbocycles. The Bertz CT molecular complexity index is 335. The molecular formula is C14H22N2. The van der Waals surface area contributed by atoms with E-state index in [1.54, 1.807) is 0 Å². The summed E-state index contributed by atoms with van der Waals surface area (Å²) in [6, 6.07) is 9.34. The molecule has 2 N–H and O–H groups in total. The SMILES string of the molecule is CCC1CCCN1Cc1ccccc1CN.